The van der Waals surface area contributed by atoms with Gasteiger partial charge in [-0.25, -0.2) is 9.79 Å². The van der Waals surface area contributed by atoms with Crippen LogP contribution >= 0.6 is 11.8 Å². The Bertz CT molecular complexity index is 1250. The molecule has 1 N–H and O–H groups in total. The average molecular weight is 522 g/mol. The van der Waals surface area contributed by atoms with E-state index in [2.05, 4.69) is 5.32 Å². The molecule has 4 rings (SSSR count). The molecule has 2 atom stereocenters. The Labute approximate surface area is 221 Å². The smallest absolute Gasteiger partial charge is 0.338 e. The SMILES string of the molecule is CCC1=C(C(=O)OC)C(c2cc(OC)cc(OC)c2)N2C(CC(=O)NC(C)c3ccccc3)=CSC2=N1. The van der Waals surface area contributed by atoms with Crippen molar-refractivity contribution in [3.8, 4) is 11.5 Å². The van der Waals surface area contributed by atoms with E-state index in [1.807, 2.05) is 66.6 Å². The molecule has 0 aliphatic carbocycles. The van der Waals surface area contributed by atoms with Crippen molar-refractivity contribution in [2.75, 3.05) is 21.3 Å². The quantitative estimate of drug-likeness (QED) is 0.459. The molecule has 0 radical (unpaired) electrons. The van der Waals surface area contributed by atoms with Gasteiger partial charge in [-0.3, -0.25) is 4.79 Å². The van der Waals surface area contributed by atoms with E-state index in [-0.39, 0.29) is 18.4 Å². The van der Waals surface area contributed by atoms with Crippen LogP contribution in [-0.2, 0) is 14.3 Å². The summed E-state index contributed by atoms with van der Waals surface area (Å²) in [6, 6.07) is 14.6. The number of allylic oxidation sites excluding steroid dienone is 1. The van der Waals surface area contributed by atoms with Gasteiger partial charge in [0.1, 0.15) is 11.5 Å². The summed E-state index contributed by atoms with van der Waals surface area (Å²) in [6.45, 7) is 3.91. The van der Waals surface area contributed by atoms with Crippen molar-refractivity contribution in [3.05, 3.63) is 82.0 Å². The lowest BCUT2D eigenvalue weighted by molar-refractivity contribution is -0.136. The third kappa shape index (κ3) is 5.51. The minimum Gasteiger partial charge on any atom is -0.497 e. The summed E-state index contributed by atoms with van der Waals surface area (Å²) in [6.07, 6.45) is 0.668. The molecule has 2 unspecified atom stereocenters. The lowest BCUT2D eigenvalue weighted by Gasteiger charge is -2.36. The molecule has 2 aromatic rings. The summed E-state index contributed by atoms with van der Waals surface area (Å²) < 4.78 is 16.2. The van der Waals surface area contributed by atoms with E-state index in [4.69, 9.17) is 19.2 Å². The van der Waals surface area contributed by atoms with Crippen molar-refractivity contribution in [3.63, 3.8) is 0 Å². The molecule has 0 saturated heterocycles. The molecule has 9 heteroatoms. The Morgan fingerprint density at radius 3 is 2.35 bits per heavy atom. The molecule has 2 heterocycles. The molecule has 0 bridgehead atoms. The number of benzene rings is 2. The van der Waals surface area contributed by atoms with Crippen LogP contribution in [0, 0.1) is 0 Å². The van der Waals surface area contributed by atoms with Gasteiger partial charge in [0.25, 0.3) is 0 Å². The zero-order valence-electron chi connectivity index (χ0n) is 21.6. The summed E-state index contributed by atoms with van der Waals surface area (Å²) >= 11 is 1.44. The van der Waals surface area contributed by atoms with E-state index in [0.717, 1.165) is 16.8 Å². The first kappa shape index (κ1) is 26.3. The Balaban J connectivity index is 1.71. The number of amides is 1. The Morgan fingerprint density at radius 2 is 1.76 bits per heavy atom. The fourth-order valence-electron chi connectivity index (χ4n) is 4.50. The summed E-state index contributed by atoms with van der Waals surface area (Å²) in [7, 11) is 4.52. The van der Waals surface area contributed by atoms with Crippen molar-refractivity contribution >= 4 is 28.8 Å². The zero-order valence-corrected chi connectivity index (χ0v) is 22.4. The fraction of sp³-hybridized carbons (Fsp3) is 0.321. The Morgan fingerprint density at radius 1 is 1.08 bits per heavy atom. The molecule has 2 aromatic carbocycles. The first-order valence-electron chi connectivity index (χ1n) is 12.0. The highest BCUT2D eigenvalue weighted by atomic mass is 32.2. The number of methoxy groups -OCH3 is 3. The van der Waals surface area contributed by atoms with E-state index in [1.165, 1.54) is 18.9 Å². The van der Waals surface area contributed by atoms with Gasteiger partial charge < -0.3 is 24.4 Å². The minimum absolute atomic E-state index is 0.122. The highest BCUT2D eigenvalue weighted by Crippen LogP contribution is 2.46. The molecular formula is C28H31N3O5S. The number of nitrogens with zero attached hydrogens (tertiary/aromatic N) is 2. The fourth-order valence-corrected chi connectivity index (χ4v) is 5.43. The molecule has 37 heavy (non-hydrogen) atoms. The minimum atomic E-state index is -0.570. The second-order valence-electron chi connectivity index (χ2n) is 8.62. The van der Waals surface area contributed by atoms with Crippen LogP contribution in [0.3, 0.4) is 0 Å². The van der Waals surface area contributed by atoms with Crippen molar-refractivity contribution in [2.24, 2.45) is 4.99 Å². The van der Waals surface area contributed by atoms with Crippen LogP contribution in [0.25, 0.3) is 0 Å². The highest BCUT2D eigenvalue weighted by Gasteiger charge is 2.42. The molecule has 2 aliphatic rings. The van der Waals surface area contributed by atoms with Crippen LogP contribution in [0.15, 0.2) is 75.9 Å². The first-order valence-corrected chi connectivity index (χ1v) is 12.9. The second-order valence-corrected chi connectivity index (χ2v) is 9.46. The lowest BCUT2D eigenvalue weighted by atomic mass is 9.92. The molecule has 0 aromatic heterocycles. The Kier molecular flexibility index (Phi) is 8.23. The van der Waals surface area contributed by atoms with E-state index in [9.17, 15) is 9.59 Å². The van der Waals surface area contributed by atoms with Crippen LogP contribution in [0.1, 0.15) is 49.9 Å². The van der Waals surface area contributed by atoms with Gasteiger partial charge in [-0.15, -0.1) is 0 Å². The van der Waals surface area contributed by atoms with Gasteiger partial charge in [-0.05, 0) is 42.0 Å². The van der Waals surface area contributed by atoms with Crippen molar-refractivity contribution in [1.82, 2.24) is 10.2 Å². The monoisotopic (exact) mass is 521 g/mol. The van der Waals surface area contributed by atoms with Crippen LogP contribution in [-0.4, -0.2) is 43.3 Å². The molecule has 0 spiro atoms. The first-order chi connectivity index (χ1) is 17.9. The van der Waals surface area contributed by atoms with Crippen LogP contribution < -0.4 is 14.8 Å². The van der Waals surface area contributed by atoms with Gasteiger partial charge in [0.05, 0.1) is 51.1 Å². The highest BCUT2D eigenvalue weighted by molar-refractivity contribution is 8.16. The van der Waals surface area contributed by atoms with Gasteiger partial charge >= 0.3 is 5.97 Å². The van der Waals surface area contributed by atoms with E-state index >= 15 is 0 Å². The van der Waals surface area contributed by atoms with Gasteiger partial charge in [-0.2, -0.15) is 0 Å². The second kappa shape index (κ2) is 11.6. The maximum atomic E-state index is 13.1. The number of aliphatic imine (C=N–C) groups is 1. The van der Waals surface area contributed by atoms with Gasteiger partial charge in [0.15, 0.2) is 5.17 Å². The Hall–Kier alpha value is -3.72. The van der Waals surface area contributed by atoms with Crippen LogP contribution in [0.2, 0.25) is 0 Å². The number of rotatable bonds is 9. The number of hydrogen-bond donors (Lipinski definition) is 1. The zero-order chi connectivity index (χ0) is 26.5. The number of carbonyl (C=O) groups excluding carboxylic acids is 2. The molecular weight excluding hydrogens is 490 g/mol. The van der Waals surface area contributed by atoms with Gasteiger partial charge in [0.2, 0.25) is 5.91 Å². The number of amidine groups is 1. The van der Waals surface area contributed by atoms with Gasteiger partial charge in [-0.1, -0.05) is 49.0 Å². The topological polar surface area (TPSA) is 89.5 Å². The standard InChI is InChI=1S/C28H31N3O5S/c1-6-23-25(27(33)36-5)26(19-12-21(34-3)15-22(13-19)35-4)31-20(16-37-28(31)30-23)14-24(32)29-17(2)18-10-8-7-9-11-18/h7-13,15-17,26H,6,14H2,1-5H3,(H,29,32). The van der Waals surface area contributed by atoms with Crippen molar-refractivity contribution in [2.45, 2.75) is 38.8 Å². The third-order valence-corrected chi connectivity index (χ3v) is 7.23. The normalized spacial score (nSPS) is 17.4. The number of thioether (sulfide) groups is 1. The number of esters is 1. The van der Waals surface area contributed by atoms with E-state index in [1.54, 1.807) is 20.3 Å². The molecule has 2 aliphatic heterocycles. The van der Waals surface area contributed by atoms with E-state index in [0.29, 0.717) is 34.4 Å². The maximum Gasteiger partial charge on any atom is 0.338 e. The van der Waals surface area contributed by atoms with Crippen LogP contribution in [0.4, 0.5) is 0 Å². The van der Waals surface area contributed by atoms with Gasteiger partial charge in [0, 0.05) is 11.8 Å². The number of hydrogen-bond acceptors (Lipinski definition) is 8. The number of nitrogens with one attached hydrogen (secondary N) is 1. The van der Waals surface area contributed by atoms with E-state index < -0.39 is 12.0 Å². The molecule has 194 valence electrons. The number of fused-ring (bicyclic) bond motifs is 1. The predicted octanol–water partition coefficient (Wildman–Crippen LogP) is 5.11. The number of ether oxygens (including phenoxy) is 3. The molecule has 8 nitrogen and oxygen atoms in total. The average Bonchev–Trinajstić information content (AvgIpc) is 3.33. The summed E-state index contributed by atoms with van der Waals surface area (Å²) in [4.78, 5) is 32.9. The van der Waals surface area contributed by atoms with Crippen molar-refractivity contribution < 1.29 is 23.8 Å². The van der Waals surface area contributed by atoms with Crippen LogP contribution in [0.5, 0.6) is 11.5 Å². The molecule has 0 saturated carbocycles. The predicted molar refractivity (Wildman–Crippen MR) is 144 cm³/mol. The summed E-state index contributed by atoms with van der Waals surface area (Å²) in [5, 5.41) is 5.70. The third-order valence-electron chi connectivity index (χ3n) is 6.34. The lowest BCUT2D eigenvalue weighted by Crippen LogP contribution is -2.38. The molecule has 1 amide bonds. The maximum absolute atomic E-state index is 13.1. The molecule has 0 fully saturated rings. The number of carbonyl (C=O) groups is 2. The largest absolute Gasteiger partial charge is 0.497 e. The van der Waals surface area contributed by atoms with Crippen molar-refractivity contribution in [1.29, 1.82) is 0 Å². The summed E-state index contributed by atoms with van der Waals surface area (Å²) in [5.41, 5.74) is 3.60. The summed E-state index contributed by atoms with van der Waals surface area (Å²) in [5.74, 6) is 0.584.